The van der Waals surface area contributed by atoms with Crippen molar-refractivity contribution in [3.05, 3.63) is 29.8 Å². The van der Waals surface area contributed by atoms with Crippen molar-refractivity contribution >= 4 is 37.4 Å². The summed E-state index contributed by atoms with van der Waals surface area (Å²) in [4.78, 5) is 82.4. The van der Waals surface area contributed by atoms with Crippen LogP contribution < -0.4 is 41.7 Å². The van der Waals surface area contributed by atoms with Crippen LogP contribution in [-0.4, -0.2) is 47.2 Å². The standard InChI is InChI=1S/C21H30N5O9P/c1-12(27)24-16(10-13-4-6-14(7-5-13)35-36(32,33)34)19(30)26-21(8-2-3-9-21)20(31)25-15(18(23)29)11-17(22)28/h4-7,15-16H,2-3,8-11H2,1H3,(H2,22,28)(H2,23,29)(H,24,27)(H,25,31)(H,26,30)(H2,32,33,34)/p-2/t15-,16-/m0/s1. The van der Waals surface area contributed by atoms with Crippen LogP contribution in [0.15, 0.2) is 24.3 Å². The maximum absolute atomic E-state index is 13.2. The second-order valence-corrected chi connectivity index (χ2v) is 9.59. The molecule has 0 aromatic heterocycles. The molecule has 0 unspecified atom stereocenters. The minimum Gasteiger partial charge on any atom is -0.780 e. The van der Waals surface area contributed by atoms with Gasteiger partial charge in [0, 0.05) is 13.3 Å². The number of nitrogens with two attached hydrogens (primary N) is 2. The van der Waals surface area contributed by atoms with Gasteiger partial charge in [0.05, 0.1) is 6.42 Å². The lowest BCUT2D eigenvalue weighted by molar-refractivity contribution is -0.333. The zero-order valence-electron chi connectivity index (χ0n) is 19.5. The number of phosphoric ester groups is 1. The van der Waals surface area contributed by atoms with Crippen LogP contribution in [0.2, 0.25) is 0 Å². The van der Waals surface area contributed by atoms with E-state index in [2.05, 4.69) is 20.5 Å². The average molecular weight is 525 g/mol. The molecule has 1 aromatic rings. The van der Waals surface area contributed by atoms with Crippen LogP contribution in [0.25, 0.3) is 0 Å². The summed E-state index contributed by atoms with van der Waals surface area (Å²) in [5.74, 6) is -3.93. The van der Waals surface area contributed by atoms with Gasteiger partial charge in [-0.25, -0.2) is 0 Å². The number of nitrogens with one attached hydrogen (secondary N) is 3. The fraction of sp³-hybridized carbons (Fsp3) is 0.476. The Labute approximate surface area is 206 Å². The van der Waals surface area contributed by atoms with Gasteiger partial charge in [0.15, 0.2) is 0 Å². The highest BCUT2D eigenvalue weighted by Gasteiger charge is 2.44. The maximum Gasteiger partial charge on any atom is 0.246 e. The van der Waals surface area contributed by atoms with Crippen LogP contribution in [0.5, 0.6) is 5.75 Å². The zero-order chi connectivity index (χ0) is 27.1. The SMILES string of the molecule is CC(=O)N[C@@H](Cc1ccc(OP(=O)([O-])[O-])cc1)C(=O)NC1(C(=O)N[C@@H](CC(N)=O)C(N)=O)CCCC1. The Morgan fingerprint density at radius 2 is 1.61 bits per heavy atom. The van der Waals surface area contributed by atoms with Crippen LogP contribution in [0, 0.1) is 0 Å². The third-order valence-corrected chi connectivity index (χ3v) is 6.02. The first-order valence-electron chi connectivity index (χ1n) is 11.0. The summed E-state index contributed by atoms with van der Waals surface area (Å²) in [5.41, 5.74) is 9.45. The van der Waals surface area contributed by atoms with E-state index >= 15 is 0 Å². The number of carbonyl (C=O) groups excluding carboxylic acids is 5. The fourth-order valence-corrected chi connectivity index (χ4v) is 4.32. The topological polar surface area (TPSA) is 246 Å². The van der Waals surface area contributed by atoms with Gasteiger partial charge in [-0.05, 0) is 30.5 Å². The summed E-state index contributed by atoms with van der Waals surface area (Å²) in [6, 6.07) is 2.78. The first-order chi connectivity index (χ1) is 16.7. The van der Waals surface area contributed by atoms with Gasteiger partial charge in [0.2, 0.25) is 29.5 Å². The van der Waals surface area contributed by atoms with Gasteiger partial charge in [-0.1, -0.05) is 25.0 Å². The van der Waals surface area contributed by atoms with Gasteiger partial charge in [-0.2, -0.15) is 0 Å². The van der Waals surface area contributed by atoms with E-state index in [9.17, 15) is 38.3 Å². The third kappa shape index (κ3) is 8.63. The summed E-state index contributed by atoms with van der Waals surface area (Å²) >= 11 is 0. The highest BCUT2D eigenvalue weighted by Crippen LogP contribution is 2.31. The van der Waals surface area contributed by atoms with E-state index in [1.54, 1.807) is 0 Å². The molecule has 7 N–H and O–H groups in total. The predicted molar refractivity (Wildman–Crippen MR) is 120 cm³/mol. The van der Waals surface area contributed by atoms with Crippen molar-refractivity contribution in [3.63, 3.8) is 0 Å². The van der Waals surface area contributed by atoms with E-state index in [1.807, 2.05) is 0 Å². The minimum atomic E-state index is -5.24. The maximum atomic E-state index is 13.2. The van der Waals surface area contributed by atoms with Crippen LogP contribution in [0.4, 0.5) is 0 Å². The second kappa shape index (κ2) is 12.0. The van der Waals surface area contributed by atoms with Gasteiger partial charge < -0.3 is 46.3 Å². The molecule has 36 heavy (non-hydrogen) atoms. The summed E-state index contributed by atoms with van der Waals surface area (Å²) in [7, 11) is -5.24. The Bertz CT molecular complexity index is 1050. The van der Waals surface area contributed by atoms with Crippen molar-refractivity contribution in [1.82, 2.24) is 16.0 Å². The molecule has 0 radical (unpaired) electrons. The van der Waals surface area contributed by atoms with Crippen molar-refractivity contribution < 1.29 is 42.8 Å². The van der Waals surface area contributed by atoms with E-state index in [-0.39, 0.29) is 25.0 Å². The first kappa shape index (κ1) is 28.8. The molecule has 2 atom stereocenters. The van der Waals surface area contributed by atoms with Crippen LogP contribution in [0.1, 0.15) is 44.6 Å². The molecule has 198 valence electrons. The molecular weight excluding hydrogens is 497 g/mol. The number of primary amides is 2. The molecule has 0 saturated heterocycles. The molecule has 5 amide bonds. The van der Waals surface area contributed by atoms with Crippen LogP contribution in [0.3, 0.4) is 0 Å². The Kier molecular flexibility index (Phi) is 9.56. The van der Waals surface area contributed by atoms with E-state index in [4.69, 9.17) is 11.5 Å². The molecular formula is C21H28N5O9P-2. The molecule has 0 spiro atoms. The van der Waals surface area contributed by atoms with Gasteiger partial charge in [-0.3, -0.25) is 24.0 Å². The van der Waals surface area contributed by atoms with Gasteiger partial charge in [-0.15, -0.1) is 0 Å². The minimum absolute atomic E-state index is 0.0403. The largest absolute Gasteiger partial charge is 0.780 e. The van der Waals surface area contributed by atoms with Gasteiger partial charge in [0.25, 0.3) is 0 Å². The summed E-state index contributed by atoms with van der Waals surface area (Å²) in [6.07, 6.45) is 1.14. The fourth-order valence-electron chi connectivity index (χ4n) is 3.94. The van der Waals surface area contributed by atoms with Crippen molar-refractivity contribution in [2.75, 3.05) is 0 Å². The van der Waals surface area contributed by atoms with E-state index in [1.165, 1.54) is 31.2 Å². The number of amides is 5. The molecule has 1 saturated carbocycles. The Morgan fingerprint density at radius 3 is 2.08 bits per heavy atom. The molecule has 0 aliphatic heterocycles. The smallest absolute Gasteiger partial charge is 0.246 e. The molecule has 1 aromatic carbocycles. The highest BCUT2D eigenvalue weighted by atomic mass is 31.2. The average Bonchev–Trinajstić information content (AvgIpc) is 3.22. The second-order valence-electron chi connectivity index (χ2n) is 8.52. The molecule has 14 nitrogen and oxygen atoms in total. The van der Waals surface area contributed by atoms with Crippen molar-refractivity contribution in [2.24, 2.45) is 11.5 Å². The molecule has 1 aliphatic carbocycles. The monoisotopic (exact) mass is 525 g/mol. The Morgan fingerprint density at radius 1 is 1.03 bits per heavy atom. The zero-order valence-corrected chi connectivity index (χ0v) is 20.4. The molecule has 1 aliphatic rings. The number of hydrogen-bond acceptors (Lipinski definition) is 9. The third-order valence-electron chi connectivity index (χ3n) is 5.58. The van der Waals surface area contributed by atoms with Crippen LogP contribution >= 0.6 is 7.82 Å². The summed E-state index contributed by atoms with van der Waals surface area (Å²) in [6.45, 7) is 1.20. The number of carbonyl (C=O) groups is 5. The van der Waals surface area contributed by atoms with Gasteiger partial charge >= 0.3 is 0 Å². The van der Waals surface area contributed by atoms with Gasteiger partial charge in [0.1, 0.15) is 31.2 Å². The molecule has 0 bridgehead atoms. The lowest BCUT2D eigenvalue weighted by Crippen LogP contribution is -2.63. The number of rotatable bonds is 12. The highest BCUT2D eigenvalue weighted by molar-refractivity contribution is 7.43. The van der Waals surface area contributed by atoms with Crippen LogP contribution in [-0.2, 0) is 35.0 Å². The van der Waals surface area contributed by atoms with E-state index < -0.39 is 61.4 Å². The predicted octanol–water partition coefficient (Wildman–Crippen LogP) is -2.78. The number of phosphoric acid groups is 1. The summed E-state index contributed by atoms with van der Waals surface area (Å²) in [5, 5.41) is 7.57. The van der Waals surface area contributed by atoms with Crippen molar-refractivity contribution in [3.8, 4) is 5.75 Å². The first-order valence-corrected chi connectivity index (χ1v) is 12.4. The number of hydrogen-bond donors (Lipinski definition) is 5. The van der Waals surface area contributed by atoms with E-state index in [0.29, 0.717) is 18.4 Å². The number of benzene rings is 1. The lowest BCUT2D eigenvalue weighted by atomic mass is 9.94. The molecule has 1 fully saturated rings. The van der Waals surface area contributed by atoms with E-state index in [0.717, 1.165) is 0 Å². The summed E-state index contributed by atoms with van der Waals surface area (Å²) < 4.78 is 15.0. The van der Waals surface area contributed by atoms with Crippen molar-refractivity contribution in [1.29, 1.82) is 0 Å². The molecule has 2 rings (SSSR count). The van der Waals surface area contributed by atoms with Crippen molar-refractivity contribution in [2.45, 2.75) is 63.1 Å². The Balaban J connectivity index is 2.19. The normalized spacial score (nSPS) is 16.3. The molecule has 15 heteroatoms. The Hall–Kier alpha value is -3.48. The quantitative estimate of drug-likeness (QED) is 0.177. The molecule has 0 heterocycles. The lowest BCUT2D eigenvalue weighted by Gasteiger charge is -2.32.